The molecule has 0 radical (unpaired) electrons. The number of carbonyl (C=O) groups is 1. The van der Waals surface area contributed by atoms with Crippen LogP contribution in [-0.2, 0) is 13.6 Å². The van der Waals surface area contributed by atoms with Crippen LogP contribution in [0.5, 0.6) is 0 Å². The number of benzene rings is 1. The topological polar surface area (TPSA) is 58.4 Å². The first kappa shape index (κ1) is 15.3. The molecule has 0 saturated carbocycles. The number of anilines is 1. The van der Waals surface area contributed by atoms with Crippen LogP contribution in [0.2, 0.25) is 0 Å². The minimum atomic E-state index is -0.226. The Kier molecular flexibility index (Phi) is 3.90. The molecule has 0 saturated heterocycles. The van der Waals surface area contributed by atoms with Gasteiger partial charge in [-0.05, 0) is 24.6 Å². The minimum absolute atomic E-state index is 0.0407. The Balaban J connectivity index is 1.96. The summed E-state index contributed by atoms with van der Waals surface area (Å²) >= 11 is 0. The quantitative estimate of drug-likeness (QED) is 0.795. The molecule has 1 atom stereocenters. The predicted molar refractivity (Wildman–Crippen MR) is 88.5 cm³/mol. The molecule has 120 valence electrons. The maximum atomic E-state index is 12.9. The fourth-order valence-corrected chi connectivity index (χ4v) is 2.98. The van der Waals surface area contributed by atoms with Crippen molar-refractivity contribution in [3.63, 3.8) is 0 Å². The average Bonchev–Trinajstić information content (AvgIpc) is 2.66. The molecule has 0 N–H and O–H groups in total. The summed E-state index contributed by atoms with van der Waals surface area (Å²) in [5, 5.41) is 4.09. The number of carbonyl (C=O) groups excluding carboxylic acids is 1. The van der Waals surface area contributed by atoms with Gasteiger partial charge in [-0.25, -0.2) is 4.68 Å². The smallest absolute Gasteiger partial charge is 0.274 e. The molecule has 1 aromatic carbocycles. The standard InChI is InChI=1S/C17H20N4O2/c1-12-10-19(2)15-7-5-4-6-13(15)11-21(12)17(23)14-8-9-16(22)20(3)18-14/h4-9,12H,10-11H2,1-3H3/t12-/m0/s1. The van der Waals surface area contributed by atoms with Gasteiger partial charge in [0, 0.05) is 45.0 Å². The van der Waals surface area contributed by atoms with Crippen LogP contribution < -0.4 is 10.5 Å². The van der Waals surface area contributed by atoms with Gasteiger partial charge in [-0.2, -0.15) is 5.10 Å². The first-order valence-corrected chi connectivity index (χ1v) is 7.61. The Morgan fingerprint density at radius 3 is 2.65 bits per heavy atom. The second-order valence-electron chi connectivity index (χ2n) is 5.97. The molecule has 1 aromatic heterocycles. The molecule has 2 aromatic rings. The van der Waals surface area contributed by atoms with Crippen LogP contribution in [0.3, 0.4) is 0 Å². The van der Waals surface area contributed by atoms with Crippen LogP contribution in [0.15, 0.2) is 41.2 Å². The van der Waals surface area contributed by atoms with Crippen LogP contribution >= 0.6 is 0 Å². The summed E-state index contributed by atoms with van der Waals surface area (Å²) in [5.41, 5.74) is 2.32. The number of para-hydroxylation sites is 1. The lowest BCUT2D eigenvalue weighted by molar-refractivity contribution is 0.0678. The number of rotatable bonds is 1. The van der Waals surface area contributed by atoms with Gasteiger partial charge in [-0.3, -0.25) is 9.59 Å². The zero-order valence-electron chi connectivity index (χ0n) is 13.6. The van der Waals surface area contributed by atoms with E-state index < -0.39 is 0 Å². The summed E-state index contributed by atoms with van der Waals surface area (Å²) in [7, 11) is 3.59. The van der Waals surface area contributed by atoms with Gasteiger partial charge in [-0.1, -0.05) is 18.2 Å². The number of hydrogen-bond donors (Lipinski definition) is 0. The van der Waals surface area contributed by atoms with Crippen LogP contribution in [0.4, 0.5) is 5.69 Å². The molecule has 0 unspecified atom stereocenters. The van der Waals surface area contributed by atoms with Gasteiger partial charge in [0.05, 0.1) is 0 Å². The Labute approximate surface area is 134 Å². The van der Waals surface area contributed by atoms with Crippen molar-refractivity contribution < 1.29 is 4.79 Å². The second-order valence-corrected chi connectivity index (χ2v) is 5.97. The van der Waals surface area contributed by atoms with Crippen molar-refractivity contribution in [1.82, 2.24) is 14.7 Å². The lowest BCUT2D eigenvalue weighted by Gasteiger charge is -2.28. The van der Waals surface area contributed by atoms with E-state index in [9.17, 15) is 9.59 Å². The molecule has 23 heavy (non-hydrogen) atoms. The summed E-state index contributed by atoms with van der Waals surface area (Å²) in [4.78, 5) is 28.3. The Morgan fingerprint density at radius 1 is 1.17 bits per heavy atom. The van der Waals surface area contributed by atoms with Gasteiger partial charge in [-0.15, -0.1) is 0 Å². The zero-order chi connectivity index (χ0) is 16.6. The molecule has 1 amide bonds. The van der Waals surface area contributed by atoms with Crippen molar-refractivity contribution in [2.45, 2.75) is 19.5 Å². The van der Waals surface area contributed by atoms with Gasteiger partial charge in [0.25, 0.3) is 11.5 Å². The number of aryl methyl sites for hydroxylation is 1. The summed E-state index contributed by atoms with van der Waals surface area (Å²) in [6, 6.07) is 11.0. The molecule has 0 aliphatic carbocycles. The van der Waals surface area contributed by atoms with E-state index in [-0.39, 0.29) is 17.5 Å². The molecule has 6 nitrogen and oxygen atoms in total. The van der Waals surface area contributed by atoms with Crippen LogP contribution in [0, 0.1) is 0 Å². The Bertz CT molecular complexity index is 799. The highest BCUT2D eigenvalue weighted by Gasteiger charge is 2.28. The van der Waals surface area contributed by atoms with Crippen molar-refractivity contribution in [2.75, 3.05) is 18.5 Å². The summed E-state index contributed by atoms with van der Waals surface area (Å²) < 4.78 is 1.19. The Morgan fingerprint density at radius 2 is 1.91 bits per heavy atom. The van der Waals surface area contributed by atoms with Gasteiger partial charge in [0.1, 0.15) is 5.69 Å². The van der Waals surface area contributed by atoms with Crippen LogP contribution in [0.25, 0.3) is 0 Å². The van der Waals surface area contributed by atoms with Crippen molar-refractivity contribution in [1.29, 1.82) is 0 Å². The van der Waals surface area contributed by atoms with Gasteiger partial charge >= 0.3 is 0 Å². The van der Waals surface area contributed by atoms with Crippen molar-refractivity contribution in [3.05, 3.63) is 58.0 Å². The van der Waals surface area contributed by atoms with Crippen molar-refractivity contribution in [2.24, 2.45) is 7.05 Å². The SMILES string of the molecule is C[C@H]1CN(C)c2ccccc2CN1C(=O)c1ccc(=O)n(C)n1. The highest BCUT2D eigenvalue weighted by Crippen LogP contribution is 2.26. The zero-order valence-corrected chi connectivity index (χ0v) is 13.6. The third-order valence-electron chi connectivity index (χ3n) is 4.25. The number of likely N-dealkylation sites (N-methyl/N-ethyl adjacent to an activating group) is 1. The maximum absolute atomic E-state index is 12.9. The predicted octanol–water partition coefficient (Wildman–Crippen LogP) is 1.26. The molecule has 0 bridgehead atoms. The van der Waals surface area contributed by atoms with E-state index in [0.717, 1.165) is 17.8 Å². The molecule has 0 spiro atoms. The molecule has 6 heteroatoms. The number of amides is 1. The summed E-state index contributed by atoms with van der Waals surface area (Å²) in [6.07, 6.45) is 0. The monoisotopic (exact) mass is 312 g/mol. The van der Waals surface area contributed by atoms with E-state index in [4.69, 9.17) is 0 Å². The molecule has 0 fully saturated rings. The van der Waals surface area contributed by atoms with Gasteiger partial charge in [0.15, 0.2) is 0 Å². The van der Waals surface area contributed by atoms with Gasteiger partial charge < -0.3 is 9.80 Å². The van der Waals surface area contributed by atoms with Crippen molar-refractivity contribution >= 4 is 11.6 Å². The lowest BCUT2D eigenvalue weighted by atomic mass is 10.1. The number of aromatic nitrogens is 2. The van der Waals surface area contributed by atoms with E-state index in [1.165, 1.54) is 16.8 Å². The van der Waals surface area contributed by atoms with E-state index in [1.54, 1.807) is 7.05 Å². The lowest BCUT2D eigenvalue weighted by Crippen LogP contribution is -2.42. The van der Waals surface area contributed by atoms with Crippen molar-refractivity contribution in [3.8, 4) is 0 Å². The third kappa shape index (κ3) is 2.84. The van der Waals surface area contributed by atoms with E-state index in [2.05, 4.69) is 16.1 Å². The molecular formula is C17H20N4O2. The molecule has 3 rings (SSSR count). The number of hydrogen-bond acceptors (Lipinski definition) is 4. The minimum Gasteiger partial charge on any atom is -0.372 e. The van der Waals surface area contributed by atoms with Crippen LogP contribution in [-0.4, -0.2) is 40.2 Å². The van der Waals surface area contributed by atoms with Crippen LogP contribution in [0.1, 0.15) is 23.0 Å². The summed E-state index contributed by atoms with van der Waals surface area (Å²) in [5.74, 6) is -0.154. The molecular weight excluding hydrogens is 292 g/mol. The largest absolute Gasteiger partial charge is 0.372 e. The fourth-order valence-electron chi connectivity index (χ4n) is 2.98. The van der Waals surface area contributed by atoms with E-state index in [0.29, 0.717) is 12.2 Å². The normalized spacial score (nSPS) is 17.6. The highest BCUT2D eigenvalue weighted by molar-refractivity contribution is 5.92. The number of nitrogens with zero attached hydrogens (tertiary/aromatic N) is 4. The second kappa shape index (κ2) is 5.87. The van der Waals surface area contributed by atoms with Gasteiger partial charge in [0.2, 0.25) is 0 Å². The summed E-state index contributed by atoms with van der Waals surface area (Å²) in [6.45, 7) is 3.31. The first-order chi connectivity index (χ1) is 11.0. The van der Waals surface area contributed by atoms with E-state index >= 15 is 0 Å². The third-order valence-corrected chi connectivity index (χ3v) is 4.25. The number of fused-ring (bicyclic) bond motifs is 1. The first-order valence-electron chi connectivity index (χ1n) is 7.61. The molecule has 2 heterocycles. The average molecular weight is 312 g/mol. The highest BCUT2D eigenvalue weighted by atomic mass is 16.2. The fraction of sp³-hybridized carbons (Fsp3) is 0.353. The molecule has 1 aliphatic rings. The Hall–Kier alpha value is -2.63. The maximum Gasteiger partial charge on any atom is 0.274 e. The molecule has 1 aliphatic heterocycles. The van der Waals surface area contributed by atoms with E-state index in [1.807, 2.05) is 37.1 Å².